The first kappa shape index (κ1) is 13.9. The first-order chi connectivity index (χ1) is 9.19. The second-order valence-corrected chi connectivity index (χ2v) is 4.74. The second kappa shape index (κ2) is 6.58. The Morgan fingerprint density at radius 1 is 1.26 bits per heavy atom. The molecule has 1 aromatic heterocycles. The smallest absolute Gasteiger partial charge is 0.239 e. The quantitative estimate of drug-likeness (QED) is 0.916. The van der Waals surface area contributed by atoms with Crippen LogP contribution >= 0.6 is 15.9 Å². The molecule has 1 N–H and O–H groups in total. The van der Waals surface area contributed by atoms with Crippen molar-refractivity contribution in [3.05, 3.63) is 46.3 Å². The molecule has 1 heterocycles. The molecule has 0 radical (unpaired) electrons. The van der Waals surface area contributed by atoms with Crippen LogP contribution in [0.5, 0.6) is 11.6 Å². The third kappa shape index (κ3) is 3.97. The van der Waals surface area contributed by atoms with Crippen molar-refractivity contribution in [2.75, 3.05) is 6.54 Å². The van der Waals surface area contributed by atoms with Gasteiger partial charge in [-0.2, -0.15) is 5.10 Å². The Morgan fingerprint density at radius 3 is 2.74 bits per heavy atom. The Balaban J connectivity index is 2.06. The van der Waals surface area contributed by atoms with Crippen molar-refractivity contribution in [2.45, 2.75) is 13.5 Å². The van der Waals surface area contributed by atoms with Crippen LogP contribution in [-0.2, 0) is 6.54 Å². The van der Waals surface area contributed by atoms with Crippen molar-refractivity contribution in [1.29, 1.82) is 0 Å². The van der Waals surface area contributed by atoms with Crippen LogP contribution in [0.1, 0.15) is 12.6 Å². The SMILES string of the molecule is CCNCc1ccc(Oc2ccc(Br)cc2F)nn1. The molecule has 19 heavy (non-hydrogen) atoms. The van der Waals surface area contributed by atoms with Gasteiger partial charge in [0.25, 0.3) is 0 Å². The van der Waals surface area contributed by atoms with Crippen LogP contribution in [0.2, 0.25) is 0 Å². The summed E-state index contributed by atoms with van der Waals surface area (Å²) in [4.78, 5) is 0. The fourth-order valence-corrected chi connectivity index (χ4v) is 1.75. The summed E-state index contributed by atoms with van der Waals surface area (Å²) in [5.41, 5.74) is 0.811. The fraction of sp³-hybridized carbons (Fsp3) is 0.231. The van der Waals surface area contributed by atoms with Gasteiger partial charge in [-0.05, 0) is 30.8 Å². The molecule has 4 nitrogen and oxygen atoms in total. The summed E-state index contributed by atoms with van der Waals surface area (Å²) >= 11 is 3.18. The number of hydrogen-bond donors (Lipinski definition) is 1. The molecule has 0 amide bonds. The largest absolute Gasteiger partial charge is 0.434 e. The van der Waals surface area contributed by atoms with Gasteiger partial charge in [-0.3, -0.25) is 0 Å². The average Bonchev–Trinajstić information content (AvgIpc) is 2.41. The van der Waals surface area contributed by atoms with Gasteiger partial charge in [-0.25, -0.2) is 4.39 Å². The van der Waals surface area contributed by atoms with Crippen molar-refractivity contribution in [2.24, 2.45) is 0 Å². The monoisotopic (exact) mass is 325 g/mol. The Labute approximate surface area is 119 Å². The normalized spacial score (nSPS) is 10.5. The van der Waals surface area contributed by atoms with Gasteiger partial charge in [0.15, 0.2) is 11.6 Å². The van der Waals surface area contributed by atoms with E-state index in [9.17, 15) is 4.39 Å². The molecule has 0 bridgehead atoms. The molecule has 2 aromatic rings. The minimum absolute atomic E-state index is 0.122. The highest BCUT2D eigenvalue weighted by Gasteiger charge is 2.06. The highest BCUT2D eigenvalue weighted by Crippen LogP contribution is 2.25. The zero-order chi connectivity index (χ0) is 13.7. The summed E-state index contributed by atoms with van der Waals surface area (Å²) in [5, 5.41) is 11.0. The molecule has 0 aliphatic rings. The lowest BCUT2D eigenvalue weighted by molar-refractivity contribution is 0.420. The Bertz CT molecular complexity index is 548. The number of nitrogens with zero attached hydrogens (tertiary/aromatic N) is 2. The minimum Gasteiger partial charge on any atom is -0.434 e. The lowest BCUT2D eigenvalue weighted by atomic mass is 10.3. The maximum absolute atomic E-state index is 13.6. The lowest BCUT2D eigenvalue weighted by Gasteiger charge is -2.06. The van der Waals surface area contributed by atoms with Crippen molar-refractivity contribution < 1.29 is 9.13 Å². The first-order valence-electron chi connectivity index (χ1n) is 5.85. The zero-order valence-corrected chi connectivity index (χ0v) is 11.9. The molecule has 0 unspecified atom stereocenters. The maximum Gasteiger partial charge on any atom is 0.239 e. The molecule has 0 aliphatic carbocycles. The van der Waals surface area contributed by atoms with E-state index >= 15 is 0 Å². The van der Waals surface area contributed by atoms with Crippen molar-refractivity contribution in [1.82, 2.24) is 15.5 Å². The van der Waals surface area contributed by atoms with E-state index in [1.807, 2.05) is 6.92 Å². The molecule has 0 saturated carbocycles. The summed E-state index contributed by atoms with van der Waals surface area (Å²) in [5.74, 6) is -0.0636. The average molecular weight is 326 g/mol. The molecular formula is C13H13BrFN3O. The molecule has 2 rings (SSSR count). The molecule has 100 valence electrons. The van der Waals surface area contributed by atoms with Gasteiger partial charge in [0.1, 0.15) is 0 Å². The summed E-state index contributed by atoms with van der Waals surface area (Å²) in [6.45, 7) is 3.53. The minimum atomic E-state index is -0.451. The predicted octanol–water partition coefficient (Wildman–Crippen LogP) is 3.28. The summed E-state index contributed by atoms with van der Waals surface area (Å²) < 4.78 is 19.6. The molecule has 0 fully saturated rings. The van der Waals surface area contributed by atoms with Crippen molar-refractivity contribution >= 4 is 15.9 Å². The van der Waals surface area contributed by atoms with E-state index in [0.717, 1.165) is 12.2 Å². The topological polar surface area (TPSA) is 47.0 Å². The predicted molar refractivity (Wildman–Crippen MR) is 73.6 cm³/mol. The molecular weight excluding hydrogens is 313 g/mol. The van der Waals surface area contributed by atoms with Crippen LogP contribution in [0.25, 0.3) is 0 Å². The molecule has 6 heteroatoms. The van der Waals surface area contributed by atoms with Gasteiger partial charge >= 0.3 is 0 Å². The third-order valence-corrected chi connectivity index (χ3v) is 2.85. The summed E-state index contributed by atoms with van der Waals surface area (Å²) in [7, 11) is 0. The van der Waals surface area contributed by atoms with Crippen LogP contribution in [-0.4, -0.2) is 16.7 Å². The van der Waals surface area contributed by atoms with E-state index in [-0.39, 0.29) is 11.6 Å². The van der Waals surface area contributed by atoms with Crippen LogP contribution in [0.15, 0.2) is 34.8 Å². The van der Waals surface area contributed by atoms with E-state index in [0.29, 0.717) is 11.0 Å². The van der Waals surface area contributed by atoms with Crippen LogP contribution in [0.3, 0.4) is 0 Å². The number of ether oxygens (including phenoxy) is 1. The van der Waals surface area contributed by atoms with Gasteiger partial charge < -0.3 is 10.1 Å². The molecule has 0 saturated heterocycles. The van der Waals surface area contributed by atoms with E-state index in [1.165, 1.54) is 12.1 Å². The highest BCUT2D eigenvalue weighted by molar-refractivity contribution is 9.10. The highest BCUT2D eigenvalue weighted by atomic mass is 79.9. The van der Waals surface area contributed by atoms with Gasteiger partial charge in [0.2, 0.25) is 5.88 Å². The van der Waals surface area contributed by atoms with Gasteiger partial charge in [0, 0.05) is 17.1 Å². The number of nitrogens with one attached hydrogen (secondary N) is 1. The number of aromatic nitrogens is 2. The summed E-state index contributed by atoms with van der Waals surface area (Å²) in [6.07, 6.45) is 0. The Hall–Kier alpha value is -1.53. The molecule has 0 spiro atoms. The van der Waals surface area contributed by atoms with Crippen LogP contribution in [0, 0.1) is 5.82 Å². The lowest BCUT2D eigenvalue weighted by Crippen LogP contribution is -2.13. The van der Waals surface area contributed by atoms with E-state index in [4.69, 9.17) is 4.74 Å². The van der Waals surface area contributed by atoms with Gasteiger partial charge in [-0.1, -0.05) is 22.9 Å². The Kier molecular flexibility index (Phi) is 4.81. The fourth-order valence-electron chi connectivity index (χ4n) is 1.42. The first-order valence-corrected chi connectivity index (χ1v) is 6.64. The van der Waals surface area contributed by atoms with E-state index < -0.39 is 5.82 Å². The standard InChI is InChI=1S/C13H13BrFN3O/c1-2-16-8-10-4-6-13(18-17-10)19-12-5-3-9(14)7-11(12)15/h3-7,16H,2,8H2,1H3. The van der Waals surface area contributed by atoms with Gasteiger partial charge in [0.05, 0.1) is 5.69 Å². The maximum atomic E-state index is 13.6. The van der Waals surface area contributed by atoms with E-state index in [1.54, 1.807) is 18.2 Å². The van der Waals surface area contributed by atoms with Crippen molar-refractivity contribution in [3.8, 4) is 11.6 Å². The van der Waals surface area contributed by atoms with Crippen molar-refractivity contribution in [3.63, 3.8) is 0 Å². The zero-order valence-electron chi connectivity index (χ0n) is 10.4. The van der Waals surface area contributed by atoms with E-state index in [2.05, 4.69) is 31.4 Å². The van der Waals surface area contributed by atoms with Crippen LogP contribution in [0.4, 0.5) is 4.39 Å². The third-order valence-electron chi connectivity index (χ3n) is 2.36. The number of hydrogen-bond acceptors (Lipinski definition) is 4. The Morgan fingerprint density at radius 2 is 2.11 bits per heavy atom. The summed E-state index contributed by atoms with van der Waals surface area (Å²) in [6, 6.07) is 8.03. The van der Waals surface area contributed by atoms with Crippen LogP contribution < -0.4 is 10.1 Å². The number of rotatable bonds is 5. The number of halogens is 2. The molecule has 1 aromatic carbocycles. The second-order valence-electron chi connectivity index (χ2n) is 3.82. The number of benzene rings is 1. The molecule has 0 aliphatic heterocycles. The molecule has 0 atom stereocenters. The van der Waals surface area contributed by atoms with Gasteiger partial charge in [-0.15, -0.1) is 5.10 Å².